The molecular formula is C28H38N2P2. The number of hydrogen-bond donors (Lipinski definition) is 0. The molecule has 0 amide bonds. The standard InChI is InChI=1S/C28H38N2P2/c1-7-27(3,4)32(28(5,6)8-2)22-24-14-10-9-13-23(24)21-31(25-15-11-17-29-19-25)26-16-12-18-30-20-26/h9-20H,7-8,21-22H2,1-6H3. The zero-order chi connectivity index (χ0) is 23.2. The van der Waals surface area contributed by atoms with E-state index in [1.807, 2.05) is 24.8 Å². The Hall–Kier alpha value is -1.62. The summed E-state index contributed by atoms with van der Waals surface area (Å²) < 4.78 is 0. The molecule has 2 heterocycles. The first-order valence-corrected chi connectivity index (χ1v) is 14.8. The van der Waals surface area contributed by atoms with Crippen molar-refractivity contribution in [2.24, 2.45) is 0 Å². The minimum Gasteiger partial charge on any atom is -0.264 e. The molecule has 3 aromatic rings. The van der Waals surface area contributed by atoms with Crippen molar-refractivity contribution >= 4 is 26.5 Å². The number of benzene rings is 1. The first-order chi connectivity index (χ1) is 15.3. The molecular weight excluding hydrogens is 426 g/mol. The molecule has 0 spiro atoms. The van der Waals surface area contributed by atoms with Crippen molar-refractivity contribution in [3.63, 3.8) is 0 Å². The van der Waals surface area contributed by atoms with Crippen LogP contribution < -0.4 is 10.6 Å². The van der Waals surface area contributed by atoms with Crippen LogP contribution in [0.1, 0.15) is 65.5 Å². The topological polar surface area (TPSA) is 25.8 Å². The molecule has 0 radical (unpaired) electrons. The van der Waals surface area contributed by atoms with Gasteiger partial charge in [-0.2, -0.15) is 0 Å². The van der Waals surface area contributed by atoms with E-state index in [1.165, 1.54) is 40.7 Å². The van der Waals surface area contributed by atoms with Crippen LogP contribution in [0.25, 0.3) is 0 Å². The van der Waals surface area contributed by atoms with E-state index >= 15 is 0 Å². The summed E-state index contributed by atoms with van der Waals surface area (Å²) in [7, 11) is -0.740. The minimum atomic E-state index is -0.550. The highest BCUT2D eigenvalue weighted by Gasteiger charge is 2.38. The summed E-state index contributed by atoms with van der Waals surface area (Å²) in [6.45, 7) is 14.6. The van der Waals surface area contributed by atoms with E-state index < -0.39 is 7.92 Å². The van der Waals surface area contributed by atoms with Crippen molar-refractivity contribution in [3.8, 4) is 0 Å². The number of nitrogens with zero attached hydrogens (tertiary/aromatic N) is 2. The van der Waals surface area contributed by atoms with E-state index in [9.17, 15) is 0 Å². The highest BCUT2D eigenvalue weighted by molar-refractivity contribution is 7.72. The molecule has 0 saturated heterocycles. The van der Waals surface area contributed by atoms with Crippen LogP contribution in [0.15, 0.2) is 73.3 Å². The molecule has 0 saturated carbocycles. The zero-order valence-corrected chi connectivity index (χ0v) is 22.3. The van der Waals surface area contributed by atoms with Gasteiger partial charge in [0.15, 0.2) is 0 Å². The van der Waals surface area contributed by atoms with Crippen molar-refractivity contribution in [1.82, 2.24) is 9.97 Å². The maximum Gasteiger partial charge on any atom is 0.0348 e. The van der Waals surface area contributed by atoms with Gasteiger partial charge in [-0.05, 0) is 71.1 Å². The summed E-state index contributed by atoms with van der Waals surface area (Å²) in [6, 6.07) is 17.7. The van der Waals surface area contributed by atoms with Crippen molar-refractivity contribution < 1.29 is 0 Å². The highest BCUT2D eigenvalue weighted by Crippen LogP contribution is 2.64. The predicted molar refractivity (Wildman–Crippen MR) is 144 cm³/mol. The van der Waals surface area contributed by atoms with Gasteiger partial charge in [-0.3, -0.25) is 9.97 Å². The van der Waals surface area contributed by atoms with Crippen LogP contribution >= 0.6 is 15.8 Å². The molecule has 0 fully saturated rings. The van der Waals surface area contributed by atoms with Gasteiger partial charge in [0.1, 0.15) is 0 Å². The summed E-state index contributed by atoms with van der Waals surface area (Å²) in [5.74, 6) is 0. The Balaban J connectivity index is 1.99. The van der Waals surface area contributed by atoms with Gasteiger partial charge in [0.25, 0.3) is 0 Å². The van der Waals surface area contributed by atoms with Crippen LogP contribution in [0.3, 0.4) is 0 Å². The monoisotopic (exact) mass is 464 g/mol. The quantitative estimate of drug-likeness (QED) is 0.291. The predicted octanol–water partition coefficient (Wildman–Crippen LogP) is 7.47. The molecule has 2 nitrogen and oxygen atoms in total. The van der Waals surface area contributed by atoms with Crippen LogP contribution in [0.4, 0.5) is 0 Å². The van der Waals surface area contributed by atoms with E-state index in [-0.39, 0.29) is 7.92 Å². The highest BCUT2D eigenvalue weighted by atomic mass is 31.1. The summed E-state index contributed by atoms with van der Waals surface area (Å²) in [4.78, 5) is 8.86. The van der Waals surface area contributed by atoms with Crippen LogP contribution in [0.2, 0.25) is 0 Å². The van der Waals surface area contributed by atoms with Gasteiger partial charge >= 0.3 is 0 Å². The molecule has 2 aromatic heterocycles. The van der Waals surface area contributed by atoms with E-state index in [0.717, 1.165) is 6.16 Å². The van der Waals surface area contributed by atoms with Gasteiger partial charge < -0.3 is 0 Å². The molecule has 0 aliphatic heterocycles. The fraction of sp³-hybridized carbons (Fsp3) is 0.429. The van der Waals surface area contributed by atoms with Crippen molar-refractivity contribution in [2.75, 3.05) is 0 Å². The Morgan fingerprint density at radius 1 is 0.656 bits per heavy atom. The molecule has 0 unspecified atom stereocenters. The zero-order valence-electron chi connectivity index (χ0n) is 20.5. The molecule has 0 atom stereocenters. The van der Waals surface area contributed by atoms with Gasteiger partial charge in [-0.1, -0.05) is 85.9 Å². The lowest BCUT2D eigenvalue weighted by Gasteiger charge is -2.45. The lowest BCUT2D eigenvalue weighted by molar-refractivity contribution is 0.601. The maximum absolute atomic E-state index is 4.43. The van der Waals surface area contributed by atoms with Crippen LogP contribution in [-0.2, 0) is 12.3 Å². The van der Waals surface area contributed by atoms with E-state index in [1.54, 1.807) is 0 Å². The Morgan fingerprint density at radius 3 is 1.53 bits per heavy atom. The maximum atomic E-state index is 4.43. The lowest BCUT2D eigenvalue weighted by Crippen LogP contribution is -2.30. The molecule has 0 bridgehead atoms. The number of rotatable bonds is 10. The molecule has 32 heavy (non-hydrogen) atoms. The van der Waals surface area contributed by atoms with Crippen LogP contribution in [0, 0.1) is 0 Å². The lowest BCUT2D eigenvalue weighted by atomic mass is 10.1. The van der Waals surface area contributed by atoms with Crippen LogP contribution in [-0.4, -0.2) is 20.3 Å². The van der Waals surface area contributed by atoms with Crippen molar-refractivity contribution in [1.29, 1.82) is 0 Å². The fourth-order valence-electron chi connectivity index (χ4n) is 4.19. The SMILES string of the molecule is CCC(C)(C)P(Cc1ccccc1CP(c1cccnc1)c1cccnc1)C(C)(C)CC. The average Bonchev–Trinajstić information content (AvgIpc) is 2.82. The van der Waals surface area contributed by atoms with Gasteiger partial charge in [0, 0.05) is 30.9 Å². The largest absolute Gasteiger partial charge is 0.264 e. The molecule has 3 rings (SSSR count). The van der Waals surface area contributed by atoms with E-state index in [0.29, 0.717) is 10.3 Å². The Morgan fingerprint density at radius 2 is 1.12 bits per heavy atom. The first kappa shape index (κ1) is 25.0. The van der Waals surface area contributed by atoms with Gasteiger partial charge in [0.05, 0.1) is 0 Å². The van der Waals surface area contributed by atoms with Gasteiger partial charge in [0.2, 0.25) is 0 Å². The third kappa shape index (κ3) is 6.03. The molecule has 0 aliphatic rings. The van der Waals surface area contributed by atoms with E-state index in [4.69, 9.17) is 0 Å². The third-order valence-corrected chi connectivity index (χ3v) is 13.5. The summed E-state index contributed by atoms with van der Waals surface area (Å²) in [6.07, 6.45) is 12.5. The number of aromatic nitrogens is 2. The molecule has 1 aromatic carbocycles. The van der Waals surface area contributed by atoms with Gasteiger partial charge in [-0.15, -0.1) is 0 Å². The number of hydrogen-bond acceptors (Lipinski definition) is 2. The fourth-order valence-corrected chi connectivity index (χ4v) is 10.4. The first-order valence-electron chi connectivity index (χ1n) is 11.7. The van der Waals surface area contributed by atoms with Crippen molar-refractivity contribution in [3.05, 3.63) is 84.4 Å². The second-order valence-electron chi connectivity index (χ2n) is 9.70. The average molecular weight is 465 g/mol. The minimum absolute atomic E-state index is 0.191. The molecule has 170 valence electrons. The summed E-state index contributed by atoms with van der Waals surface area (Å²) in [5, 5.41) is 3.35. The van der Waals surface area contributed by atoms with Crippen molar-refractivity contribution in [2.45, 2.75) is 77.0 Å². The van der Waals surface area contributed by atoms with Crippen LogP contribution in [0.5, 0.6) is 0 Å². The Labute approximate surface area is 197 Å². The smallest absolute Gasteiger partial charge is 0.0348 e. The number of pyridine rings is 2. The molecule has 4 heteroatoms. The Kier molecular flexibility index (Phi) is 8.60. The second kappa shape index (κ2) is 11.0. The normalized spacial score (nSPS) is 12.5. The van der Waals surface area contributed by atoms with E-state index in [2.05, 4.69) is 100 Å². The van der Waals surface area contributed by atoms with Gasteiger partial charge in [-0.25, -0.2) is 0 Å². The Bertz CT molecular complexity index is 915. The third-order valence-electron chi connectivity index (χ3n) is 6.88. The molecule has 0 N–H and O–H groups in total. The summed E-state index contributed by atoms with van der Waals surface area (Å²) in [5.41, 5.74) is 3.01. The second-order valence-corrected chi connectivity index (χ2v) is 15.5. The summed E-state index contributed by atoms with van der Waals surface area (Å²) >= 11 is 0. The molecule has 0 aliphatic carbocycles.